The maximum absolute atomic E-state index is 13.1. The molecule has 2 aromatic carbocycles. The maximum atomic E-state index is 13.1. The van der Waals surface area contributed by atoms with E-state index in [0.717, 1.165) is 5.56 Å². The second-order valence-corrected chi connectivity index (χ2v) is 7.92. The van der Waals surface area contributed by atoms with E-state index in [9.17, 15) is 13.2 Å². The first-order valence-corrected chi connectivity index (χ1v) is 9.95. The second-order valence-electron chi connectivity index (χ2n) is 5.98. The van der Waals surface area contributed by atoms with Gasteiger partial charge in [0.2, 0.25) is 15.9 Å². The number of hydrogen-bond acceptors (Lipinski definition) is 5. The minimum atomic E-state index is -3.76. The summed E-state index contributed by atoms with van der Waals surface area (Å²) in [4.78, 5) is 11.3. The molecule has 0 heterocycles. The van der Waals surface area contributed by atoms with Crippen LogP contribution in [0, 0.1) is 0 Å². The van der Waals surface area contributed by atoms with Crippen molar-refractivity contribution in [1.29, 1.82) is 0 Å². The maximum Gasteiger partial charge on any atom is 0.243 e. The van der Waals surface area contributed by atoms with Crippen molar-refractivity contribution >= 4 is 21.6 Å². The zero-order valence-electron chi connectivity index (χ0n) is 16.1. The van der Waals surface area contributed by atoms with Gasteiger partial charge in [0.25, 0.3) is 0 Å². The predicted molar refractivity (Wildman–Crippen MR) is 108 cm³/mol. The number of benzene rings is 2. The summed E-state index contributed by atoms with van der Waals surface area (Å²) >= 11 is 0. The fourth-order valence-electron chi connectivity index (χ4n) is 2.64. The molecule has 150 valence electrons. The summed E-state index contributed by atoms with van der Waals surface area (Å²) in [5.74, 6) is 0.867. The highest BCUT2D eigenvalue weighted by Gasteiger charge is 2.24. The molecule has 1 amide bonds. The molecule has 0 unspecified atom stereocenters. The van der Waals surface area contributed by atoms with Crippen LogP contribution in [0.2, 0.25) is 0 Å². The Bertz CT molecular complexity index is 940. The highest BCUT2D eigenvalue weighted by Crippen LogP contribution is 2.29. The molecule has 28 heavy (non-hydrogen) atoms. The summed E-state index contributed by atoms with van der Waals surface area (Å²) in [5, 5.41) is 2.61. The number of amides is 1. The Morgan fingerprint density at radius 2 is 1.75 bits per heavy atom. The Morgan fingerprint density at radius 1 is 1.11 bits per heavy atom. The molecule has 0 atom stereocenters. The largest absolute Gasteiger partial charge is 0.493 e. The van der Waals surface area contributed by atoms with Crippen LogP contribution in [0.3, 0.4) is 0 Å². The van der Waals surface area contributed by atoms with Crippen molar-refractivity contribution in [3.05, 3.63) is 60.7 Å². The topological polar surface area (TPSA) is 84.9 Å². The number of nitrogens with zero attached hydrogens (tertiary/aromatic N) is 1. The Kier molecular flexibility index (Phi) is 7.19. The summed E-state index contributed by atoms with van der Waals surface area (Å²) in [5.41, 5.74) is 1.28. The molecule has 8 heteroatoms. The van der Waals surface area contributed by atoms with Gasteiger partial charge in [0, 0.05) is 25.7 Å². The number of methoxy groups -OCH3 is 2. The summed E-state index contributed by atoms with van der Waals surface area (Å²) in [6, 6.07) is 11.3. The van der Waals surface area contributed by atoms with Crippen molar-refractivity contribution in [2.75, 3.05) is 26.1 Å². The molecule has 0 saturated heterocycles. The number of ether oxygens (including phenoxy) is 2. The van der Waals surface area contributed by atoms with Gasteiger partial charge in [-0.05, 0) is 42.0 Å². The van der Waals surface area contributed by atoms with Crippen LogP contribution in [0.1, 0.15) is 12.5 Å². The van der Waals surface area contributed by atoms with Gasteiger partial charge in [-0.2, -0.15) is 4.31 Å². The number of carbonyl (C=O) groups excluding carboxylic acids is 1. The van der Waals surface area contributed by atoms with Gasteiger partial charge in [-0.25, -0.2) is 8.42 Å². The molecule has 0 aromatic heterocycles. The number of carbonyl (C=O) groups is 1. The summed E-state index contributed by atoms with van der Waals surface area (Å²) < 4.78 is 38.0. The Labute approximate surface area is 165 Å². The summed E-state index contributed by atoms with van der Waals surface area (Å²) in [6.07, 6.45) is 1.53. The average Bonchev–Trinajstić information content (AvgIpc) is 2.67. The summed E-state index contributed by atoms with van der Waals surface area (Å²) in [6.45, 7) is 5.33. The molecule has 0 aliphatic carbocycles. The predicted octanol–water partition coefficient (Wildman–Crippen LogP) is 3.04. The van der Waals surface area contributed by atoms with E-state index in [1.807, 2.05) is 0 Å². The number of rotatable bonds is 9. The number of sulfonamides is 1. The third kappa shape index (κ3) is 5.11. The van der Waals surface area contributed by atoms with Crippen LogP contribution in [-0.4, -0.2) is 39.4 Å². The van der Waals surface area contributed by atoms with E-state index in [1.165, 1.54) is 43.7 Å². The lowest BCUT2D eigenvalue weighted by Gasteiger charge is -2.21. The van der Waals surface area contributed by atoms with Gasteiger partial charge in [0.1, 0.15) is 0 Å². The first kappa shape index (κ1) is 21.5. The van der Waals surface area contributed by atoms with Crippen LogP contribution in [0.25, 0.3) is 0 Å². The molecule has 1 N–H and O–H groups in total. The third-order valence-electron chi connectivity index (χ3n) is 3.95. The summed E-state index contributed by atoms with van der Waals surface area (Å²) in [7, 11) is -0.702. The standard InChI is InChI=1S/C20H24N2O5S/c1-5-12-22(14-16-6-11-19(26-3)20(13-16)27-4)28(24,25)18-9-7-17(8-10-18)21-15(2)23/h5-11,13H,1,12,14H2,2-4H3,(H,21,23). The van der Waals surface area contributed by atoms with E-state index in [2.05, 4.69) is 11.9 Å². The van der Waals surface area contributed by atoms with Crippen LogP contribution in [-0.2, 0) is 21.4 Å². The number of anilines is 1. The van der Waals surface area contributed by atoms with Crippen molar-refractivity contribution in [2.24, 2.45) is 0 Å². The zero-order valence-corrected chi connectivity index (χ0v) is 17.0. The molecule has 0 aliphatic rings. The molecule has 0 saturated carbocycles. The Balaban J connectivity index is 2.31. The van der Waals surface area contributed by atoms with E-state index < -0.39 is 10.0 Å². The van der Waals surface area contributed by atoms with Crippen LogP contribution in [0.4, 0.5) is 5.69 Å². The van der Waals surface area contributed by atoms with Gasteiger partial charge in [0.05, 0.1) is 19.1 Å². The molecule has 0 spiro atoms. The van der Waals surface area contributed by atoms with E-state index in [1.54, 1.807) is 30.3 Å². The third-order valence-corrected chi connectivity index (χ3v) is 5.78. The van der Waals surface area contributed by atoms with Crippen molar-refractivity contribution in [1.82, 2.24) is 4.31 Å². The molecule has 2 rings (SSSR count). The lowest BCUT2D eigenvalue weighted by molar-refractivity contribution is -0.114. The zero-order chi connectivity index (χ0) is 20.7. The Hall–Kier alpha value is -2.84. The highest BCUT2D eigenvalue weighted by molar-refractivity contribution is 7.89. The Morgan fingerprint density at radius 3 is 2.29 bits per heavy atom. The van der Waals surface area contributed by atoms with Crippen molar-refractivity contribution in [3.8, 4) is 11.5 Å². The first-order valence-electron chi connectivity index (χ1n) is 8.51. The van der Waals surface area contributed by atoms with Gasteiger partial charge in [-0.15, -0.1) is 6.58 Å². The molecule has 0 aliphatic heterocycles. The second kappa shape index (κ2) is 9.38. The van der Waals surface area contributed by atoms with Crippen LogP contribution >= 0.6 is 0 Å². The molecule has 0 fully saturated rings. The van der Waals surface area contributed by atoms with Crippen molar-refractivity contribution in [2.45, 2.75) is 18.4 Å². The SMILES string of the molecule is C=CCN(Cc1ccc(OC)c(OC)c1)S(=O)(=O)c1ccc(NC(C)=O)cc1. The van der Waals surface area contributed by atoms with Gasteiger partial charge in [0.15, 0.2) is 11.5 Å². The normalized spacial score (nSPS) is 11.1. The van der Waals surface area contributed by atoms with Crippen LogP contribution in [0.5, 0.6) is 11.5 Å². The van der Waals surface area contributed by atoms with Gasteiger partial charge in [-0.1, -0.05) is 12.1 Å². The van der Waals surface area contributed by atoms with Crippen LogP contribution in [0.15, 0.2) is 60.0 Å². The lowest BCUT2D eigenvalue weighted by Crippen LogP contribution is -2.30. The number of hydrogen-bond donors (Lipinski definition) is 1. The minimum absolute atomic E-state index is 0.129. The number of nitrogens with one attached hydrogen (secondary N) is 1. The van der Waals surface area contributed by atoms with E-state index >= 15 is 0 Å². The molecular weight excluding hydrogens is 380 g/mol. The van der Waals surface area contributed by atoms with Gasteiger partial charge in [-0.3, -0.25) is 4.79 Å². The van der Waals surface area contributed by atoms with E-state index in [4.69, 9.17) is 9.47 Å². The first-order chi connectivity index (χ1) is 13.3. The van der Waals surface area contributed by atoms with Crippen molar-refractivity contribution in [3.63, 3.8) is 0 Å². The van der Waals surface area contributed by atoms with E-state index in [0.29, 0.717) is 17.2 Å². The highest BCUT2D eigenvalue weighted by atomic mass is 32.2. The monoisotopic (exact) mass is 404 g/mol. The molecule has 7 nitrogen and oxygen atoms in total. The average molecular weight is 404 g/mol. The van der Waals surface area contributed by atoms with Crippen LogP contribution < -0.4 is 14.8 Å². The molecular formula is C20H24N2O5S. The van der Waals surface area contributed by atoms with Gasteiger partial charge < -0.3 is 14.8 Å². The fourth-order valence-corrected chi connectivity index (χ4v) is 4.04. The van der Waals surface area contributed by atoms with E-state index in [-0.39, 0.29) is 23.9 Å². The fraction of sp³-hybridized carbons (Fsp3) is 0.250. The molecule has 2 aromatic rings. The lowest BCUT2D eigenvalue weighted by atomic mass is 10.2. The van der Waals surface area contributed by atoms with Gasteiger partial charge >= 0.3 is 0 Å². The quantitative estimate of drug-likeness (QED) is 0.650. The minimum Gasteiger partial charge on any atom is -0.493 e. The smallest absolute Gasteiger partial charge is 0.243 e. The molecule has 0 radical (unpaired) electrons. The van der Waals surface area contributed by atoms with Crippen molar-refractivity contribution < 1.29 is 22.7 Å². The molecule has 0 bridgehead atoms.